The van der Waals surface area contributed by atoms with Crippen molar-refractivity contribution in [2.75, 3.05) is 7.05 Å². The van der Waals surface area contributed by atoms with Crippen LogP contribution in [0, 0.1) is 12.7 Å². The van der Waals surface area contributed by atoms with E-state index in [9.17, 15) is 12.8 Å². The van der Waals surface area contributed by atoms with Crippen molar-refractivity contribution in [3.05, 3.63) is 29.6 Å². The Morgan fingerprint density at radius 1 is 1.38 bits per heavy atom. The minimum absolute atomic E-state index is 0.0573. The maximum absolute atomic E-state index is 13.0. The molecule has 0 bridgehead atoms. The third kappa shape index (κ3) is 2.05. The van der Waals surface area contributed by atoms with Crippen LogP contribution in [0.3, 0.4) is 0 Å². The quantitative estimate of drug-likeness (QED) is 0.780. The van der Waals surface area contributed by atoms with Crippen molar-refractivity contribution in [2.45, 2.75) is 11.8 Å². The molecule has 0 amide bonds. The summed E-state index contributed by atoms with van der Waals surface area (Å²) in [7, 11) is -2.24. The van der Waals surface area contributed by atoms with E-state index in [1.807, 2.05) is 0 Å². The highest BCUT2D eigenvalue weighted by Crippen LogP contribution is 2.13. The first-order chi connectivity index (χ1) is 5.97. The summed E-state index contributed by atoms with van der Waals surface area (Å²) >= 11 is 0. The summed E-state index contributed by atoms with van der Waals surface area (Å²) in [6.45, 7) is 1.57. The monoisotopic (exact) mass is 203 g/mol. The molecule has 1 N–H and O–H groups in total. The van der Waals surface area contributed by atoms with Crippen LogP contribution in [0.1, 0.15) is 5.56 Å². The van der Waals surface area contributed by atoms with Gasteiger partial charge >= 0.3 is 0 Å². The van der Waals surface area contributed by atoms with Crippen LogP contribution >= 0.6 is 0 Å². The molecular weight excluding hydrogens is 193 g/mol. The van der Waals surface area contributed by atoms with E-state index in [0.29, 0.717) is 5.56 Å². The van der Waals surface area contributed by atoms with Crippen LogP contribution in [0.25, 0.3) is 0 Å². The van der Waals surface area contributed by atoms with Crippen molar-refractivity contribution >= 4 is 10.0 Å². The van der Waals surface area contributed by atoms with Crippen LogP contribution in [-0.2, 0) is 10.0 Å². The molecule has 72 valence electrons. The summed E-state index contributed by atoms with van der Waals surface area (Å²) in [5.41, 5.74) is 0.426. The van der Waals surface area contributed by atoms with E-state index in [2.05, 4.69) is 4.72 Å². The minimum atomic E-state index is -3.53. The van der Waals surface area contributed by atoms with Crippen molar-refractivity contribution in [3.8, 4) is 0 Å². The van der Waals surface area contributed by atoms with E-state index in [0.717, 1.165) is 6.07 Å². The second kappa shape index (κ2) is 3.43. The summed E-state index contributed by atoms with van der Waals surface area (Å²) < 4.78 is 37.4. The number of benzene rings is 1. The molecular formula is C8H10FNO2S. The zero-order chi connectivity index (χ0) is 10.1. The molecule has 0 aliphatic heterocycles. The molecule has 0 spiro atoms. The number of aryl methyl sites for hydroxylation is 1. The fourth-order valence-corrected chi connectivity index (χ4v) is 1.60. The van der Waals surface area contributed by atoms with E-state index in [1.165, 1.54) is 19.2 Å². The van der Waals surface area contributed by atoms with Crippen molar-refractivity contribution < 1.29 is 12.8 Å². The Kier molecular flexibility index (Phi) is 2.68. The molecule has 0 atom stereocenters. The van der Waals surface area contributed by atoms with Gasteiger partial charge in [-0.05, 0) is 31.7 Å². The number of rotatable bonds is 2. The second-order valence-electron chi connectivity index (χ2n) is 2.62. The Morgan fingerprint density at radius 3 is 2.46 bits per heavy atom. The fourth-order valence-electron chi connectivity index (χ4n) is 0.859. The van der Waals surface area contributed by atoms with Gasteiger partial charge in [-0.25, -0.2) is 17.5 Å². The van der Waals surface area contributed by atoms with Gasteiger partial charge in [0.1, 0.15) is 5.82 Å². The highest BCUT2D eigenvalue weighted by molar-refractivity contribution is 7.89. The molecule has 1 aromatic rings. The first kappa shape index (κ1) is 10.1. The predicted molar refractivity (Wildman–Crippen MR) is 47.4 cm³/mol. The van der Waals surface area contributed by atoms with Crippen LogP contribution < -0.4 is 4.72 Å². The third-order valence-corrected chi connectivity index (χ3v) is 3.13. The van der Waals surface area contributed by atoms with Crippen LogP contribution in [0.4, 0.5) is 4.39 Å². The second-order valence-corrected chi connectivity index (χ2v) is 4.51. The molecule has 3 nitrogen and oxygen atoms in total. The highest BCUT2D eigenvalue weighted by Gasteiger charge is 2.12. The van der Waals surface area contributed by atoms with E-state index >= 15 is 0 Å². The van der Waals surface area contributed by atoms with Gasteiger partial charge in [0.2, 0.25) is 10.0 Å². The smallest absolute Gasteiger partial charge is 0.214 e. The molecule has 1 rings (SSSR count). The topological polar surface area (TPSA) is 46.2 Å². The highest BCUT2D eigenvalue weighted by atomic mass is 32.2. The van der Waals surface area contributed by atoms with E-state index in [4.69, 9.17) is 0 Å². The van der Waals surface area contributed by atoms with Gasteiger partial charge in [-0.1, -0.05) is 6.07 Å². The molecule has 0 aliphatic carbocycles. The standard InChI is InChI=1S/C8H10FNO2S/c1-6-3-4-7(5-8(6)9)13(11,12)10-2/h3-5,10H,1-2H3. The minimum Gasteiger partial charge on any atom is -0.214 e. The van der Waals surface area contributed by atoms with Gasteiger partial charge < -0.3 is 0 Å². The van der Waals surface area contributed by atoms with Gasteiger partial charge in [0, 0.05) is 0 Å². The summed E-state index contributed by atoms with van der Waals surface area (Å²) in [5.74, 6) is -0.517. The van der Waals surface area contributed by atoms with Gasteiger partial charge in [0.25, 0.3) is 0 Å². The zero-order valence-corrected chi connectivity index (χ0v) is 8.15. The number of hydrogen-bond acceptors (Lipinski definition) is 2. The Morgan fingerprint density at radius 2 is 2.00 bits per heavy atom. The molecule has 1 aromatic carbocycles. The van der Waals surface area contributed by atoms with Crippen molar-refractivity contribution in [3.63, 3.8) is 0 Å². The largest absolute Gasteiger partial charge is 0.240 e. The molecule has 0 aromatic heterocycles. The van der Waals surface area contributed by atoms with Crippen LogP contribution in [-0.4, -0.2) is 15.5 Å². The lowest BCUT2D eigenvalue weighted by Crippen LogP contribution is -2.18. The van der Waals surface area contributed by atoms with Gasteiger partial charge in [0.15, 0.2) is 0 Å². The van der Waals surface area contributed by atoms with E-state index in [1.54, 1.807) is 6.92 Å². The molecule has 0 saturated carbocycles. The van der Waals surface area contributed by atoms with E-state index < -0.39 is 15.8 Å². The third-order valence-electron chi connectivity index (χ3n) is 1.72. The number of sulfonamides is 1. The molecule has 0 aliphatic rings. The fraction of sp³-hybridized carbons (Fsp3) is 0.250. The van der Waals surface area contributed by atoms with Gasteiger partial charge in [0.05, 0.1) is 4.90 Å². The lowest BCUT2D eigenvalue weighted by Gasteiger charge is -2.03. The number of hydrogen-bond donors (Lipinski definition) is 1. The molecule has 5 heteroatoms. The predicted octanol–water partition coefficient (Wildman–Crippen LogP) is 1.04. The Bertz CT molecular complexity index is 414. The Labute approximate surface area is 76.6 Å². The van der Waals surface area contributed by atoms with Crippen molar-refractivity contribution in [1.29, 1.82) is 0 Å². The van der Waals surface area contributed by atoms with Gasteiger partial charge in [-0.2, -0.15) is 0 Å². The van der Waals surface area contributed by atoms with Crippen molar-refractivity contribution in [1.82, 2.24) is 4.72 Å². The summed E-state index contributed by atoms with van der Waals surface area (Å²) in [5, 5.41) is 0. The zero-order valence-electron chi connectivity index (χ0n) is 7.33. The first-order valence-corrected chi connectivity index (χ1v) is 5.15. The van der Waals surface area contributed by atoms with Crippen LogP contribution in [0.15, 0.2) is 23.1 Å². The molecule has 0 heterocycles. The van der Waals surface area contributed by atoms with Gasteiger partial charge in [-0.3, -0.25) is 0 Å². The average molecular weight is 203 g/mol. The normalized spacial score (nSPS) is 11.6. The molecule has 0 fully saturated rings. The summed E-state index contributed by atoms with van der Waals surface area (Å²) in [4.78, 5) is -0.0573. The van der Waals surface area contributed by atoms with E-state index in [-0.39, 0.29) is 4.90 Å². The number of halogens is 1. The van der Waals surface area contributed by atoms with Crippen LogP contribution in [0.2, 0.25) is 0 Å². The van der Waals surface area contributed by atoms with Crippen molar-refractivity contribution in [2.24, 2.45) is 0 Å². The Hall–Kier alpha value is -0.940. The maximum Gasteiger partial charge on any atom is 0.240 e. The van der Waals surface area contributed by atoms with Gasteiger partial charge in [-0.15, -0.1) is 0 Å². The molecule has 13 heavy (non-hydrogen) atoms. The summed E-state index contributed by atoms with van der Waals surface area (Å²) in [6, 6.07) is 3.80. The number of nitrogens with one attached hydrogen (secondary N) is 1. The first-order valence-electron chi connectivity index (χ1n) is 3.67. The average Bonchev–Trinajstić information content (AvgIpc) is 2.09. The SMILES string of the molecule is CNS(=O)(=O)c1ccc(C)c(F)c1. The lowest BCUT2D eigenvalue weighted by molar-refractivity contribution is 0.582. The Balaban J connectivity index is 3.27. The molecule has 0 unspecified atom stereocenters. The molecule has 0 saturated heterocycles. The molecule has 0 radical (unpaired) electrons. The van der Waals surface area contributed by atoms with Crippen LogP contribution in [0.5, 0.6) is 0 Å². The maximum atomic E-state index is 13.0. The lowest BCUT2D eigenvalue weighted by atomic mass is 10.2. The summed E-state index contributed by atoms with van der Waals surface area (Å²) in [6.07, 6.45) is 0.